The first-order chi connectivity index (χ1) is 7.63. The fraction of sp³-hybridized carbons (Fsp3) is 0.917. The van der Waals surface area contributed by atoms with Gasteiger partial charge in [-0.2, -0.15) is 0 Å². The molecule has 1 aliphatic rings. The van der Waals surface area contributed by atoms with Gasteiger partial charge in [0.2, 0.25) is 0 Å². The Hall–Kier alpha value is -0.770. The number of likely N-dealkylation sites (tertiary alicyclic amines) is 1. The van der Waals surface area contributed by atoms with E-state index in [-0.39, 0.29) is 12.1 Å². The van der Waals surface area contributed by atoms with Crippen LogP contribution in [-0.4, -0.2) is 42.8 Å². The Morgan fingerprint density at radius 3 is 2.62 bits per heavy atom. The Balaban J connectivity index is 2.70. The smallest absolute Gasteiger partial charge is 0.410 e. The summed E-state index contributed by atoms with van der Waals surface area (Å²) in [5, 5.41) is 3.31. The average Bonchev–Trinajstić information content (AvgIpc) is 2.27. The largest absolute Gasteiger partial charge is 0.450 e. The molecule has 1 N–H and O–H groups in total. The second kappa shape index (κ2) is 6.09. The molecule has 16 heavy (non-hydrogen) atoms. The molecule has 1 saturated heterocycles. The standard InChI is InChI=1S/C12H24N2O2/c1-5-11-8-10(13-4)7-9(3)14(11)12(15)16-6-2/h9-11,13H,5-8H2,1-4H3. The van der Waals surface area contributed by atoms with Gasteiger partial charge in [-0.3, -0.25) is 0 Å². The lowest BCUT2D eigenvalue weighted by Gasteiger charge is -2.43. The van der Waals surface area contributed by atoms with E-state index >= 15 is 0 Å². The molecule has 3 unspecified atom stereocenters. The highest BCUT2D eigenvalue weighted by molar-refractivity contribution is 5.68. The van der Waals surface area contributed by atoms with Gasteiger partial charge in [0, 0.05) is 18.1 Å². The molecule has 4 nitrogen and oxygen atoms in total. The van der Waals surface area contributed by atoms with Crippen molar-refractivity contribution in [2.45, 2.75) is 58.2 Å². The van der Waals surface area contributed by atoms with Crippen molar-refractivity contribution < 1.29 is 9.53 Å². The third-order valence-corrected chi connectivity index (χ3v) is 3.41. The topological polar surface area (TPSA) is 41.6 Å². The lowest BCUT2D eigenvalue weighted by atomic mass is 9.91. The summed E-state index contributed by atoms with van der Waals surface area (Å²) >= 11 is 0. The summed E-state index contributed by atoms with van der Waals surface area (Å²) in [5.74, 6) is 0. The van der Waals surface area contributed by atoms with Crippen molar-refractivity contribution in [1.82, 2.24) is 10.2 Å². The van der Waals surface area contributed by atoms with Crippen molar-refractivity contribution in [3.05, 3.63) is 0 Å². The second-order valence-electron chi connectivity index (χ2n) is 4.47. The third-order valence-electron chi connectivity index (χ3n) is 3.41. The molecular weight excluding hydrogens is 204 g/mol. The molecule has 94 valence electrons. The van der Waals surface area contributed by atoms with E-state index < -0.39 is 0 Å². The summed E-state index contributed by atoms with van der Waals surface area (Å²) in [7, 11) is 1.99. The first-order valence-electron chi connectivity index (χ1n) is 6.26. The molecule has 1 rings (SSSR count). The summed E-state index contributed by atoms with van der Waals surface area (Å²) < 4.78 is 5.12. The zero-order valence-corrected chi connectivity index (χ0v) is 10.8. The van der Waals surface area contributed by atoms with Crippen LogP contribution in [0.5, 0.6) is 0 Å². The number of ether oxygens (including phenoxy) is 1. The van der Waals surface area contributed by atoms with Crippen LogP contribution in [0.2, 0.25) is 0 Å². The van der Waals surface area contributed by atoms with E-state index in [1.165, 1.54) is 0 Å². The first kappa shape index (κ1) is 13.3. The monoisotopic (exact) mass is 228 g/mol. The zero-order chi connectivity index (χ0) is 12.1. The van der Waals surface area contributed by atoms with Crippen LogP contribution in [-0.2, 0) is 4.74 Å². The number of nitrogens with one attached hydrogen (secondary N) is 1. The molecule has 0 aromatic carbocycles. The second-order valence-corrected chi connectivity index (χ2v) is 4.47. The van der Waals surface area contributed by atoms with Crippen LogP contribution in [0, 0.1) is 0 Å². The SMILES string of the molecule is CCOC(=O)N1C(C)CC(NC)CC1CC. The van der Waals surface area contributed by atoms with E-state index in [9.17, 15) is 4.79 Å². The molecule has 0 saturated carbocycles. The van der Waals surface area contributed by atoms with Crippen LogP contribution < -0.4 is 5.32 Å². The minimum absolute atomic E-state index is 0.156. The number of carbonyl (C=O) groups is 1. The van der Waals surface area contributed by atoms with Crippen LogP contribution in [0.1, 0.15) is 40.0 Å². The number of nitrogens with zero attached hydrogens (tertiary/aromatic N) is 1. The number of rotatable bonds is 3. The predicted molar refractivity (Wildman–Crippen MR) is 64.5 cm³/mol. The first-order valence-corrected chi connectivity index (χ1v) is 6.26. The number of carbonyl (C=O) groups excluding carboxylic acids is 1. The molecule has 3 atom stereocenters. The summed E-state index contributed by atoms with van der Waals surface area (Å²) in [4.78, 5) is 13.8. The van der Waals surface area contributed by atoms with Gasteiger partial charge in [-0.25, -0.2) is 4.79 Å². The predicted octanol–water partition coefficient (Wildman–Crippen LogP) is 1.99. The molecule has 1 amide bonds. The molecule has 0 aromatic heterocycles. The van der Waals surface area contributed by atoms with E-state index in [2.05, 4.69) is 19.2 Å². The molecule has 0 bridgehead atoms. The van der Waals surface area contributed by atoms with Gasteiger partial charge in [0.1, 0.15) is 0 Å². The van der Waals surface area contributed by atoms with Crippen molar-refractivity contribution in [3.8, 4) is 0 Å². The highest BCUT2D eigenvalue weighted by Crippen LogP contribution is 2.25. The summed E-state index contributed by atoms with van der Waals surface area (Å²) in [6, 6.07) is 1.08. The van der Waals surface area contributed by atoms with Gasteiger partial charge in [0.15, 0.2) is 0 Å². The van der Waals surface area contributed by atoms with E-state index in [1.54, 1.807) is 0 Å². The van der Waals surface area contributed by atoms with Gasteiger partial charge >= 0.3 is 6.09 Å². The Morgan fingerprint density at radius 1 is 1.44 bits per heavy atom. The Morgan fingerprint density at radius 2 is 2.12 bits per heavy atom. The van der Waals surface area contributed by atoms with Gasteiger partial charge in [-0.05, 0) is 40.2 Å². The van der Waals surface area contributed by atoms with Crippen molar-refractivity contribution in [2.24, 2.45) is 0 Å². The number of hydrogen-bond acceptors (Lipinski definition) is 3. The highest BCUT2D eigenvalue weighted by Gasteiger charge is 2.35. The van der Waals surface area contributed by atoms with Crippen LogP contribution in [0.3, 0.4) is 0 Å². The lowest BCUT2D eigenvalue weighted by Crippen LogP contribution is -2.54. The van der Waals surface area contributed by atoms with Crippen molar-refractivity contribution in [1.29, 1.82) is 0 Å². The molecule has 0 spiro atoms. The Bertz CT molecular complexity index is 233. The quantitative estimate of drug-likeness (QED) is 0.803. The lowest BCUT2D eigenvalue weighted by molar-refractivity contribution is 0.0441. The fourth-order valence-electron chi connectivity index (χ4n) is 2.55. The maximum atomic E-state index is 11.9. The molecular formula is C12H24N2O2. The molecule has 1 fully saturated rings. The molecule has 0 aliphatic carbocycles. The minimum Gasteiger partial charge on any atom is -0.450 e. The number of hydrogen-bond donors (Lipinski definition) is 1. The Kier molecular flexibility index (Phi) is 5.06. The molecule has 0 aromatic rings. The van der Waals surface area contributed by atoms with E-state index in [0.717, 1.165) is 19.3 Å². The summed E-state index contributed by atoms with van der Waals surface area (Å²) in [6.07, 6.45) is 2.86. The fourth-order valence-corrected chi connectivity index (χ4v) is 2.55. The summed E-state index contributed by atoms with van der Waals surface area (Å²) in [5.41, 5.74) is 0. The molecule has 0 radical (unpaired) electrons. The van der Waals surface area contributed by atoms with Gasteiger partial charge in [0.05, 0.1) is 6.61 Å². The van der Waals surface area contributed by atoms with Crippen LogP contribution in [0.4, 0.5) is 4.79 Å². The Labute approximate surface area is 98.3 Å². The van der Waals surface area contributed by atoms with Crippen LogP contribution in [0.25, 0.3) is 0 Å². The summed E-state index contributed by atoms with van der Waals surface area (Å²) in [6.45, 7) is 6.53. The van der Waals surface area contributed by atoms with Gasteiger partial charge in [0.25, 0.3) is 0 Å². The maximum absolute atomic E-state index is 11.9. The van der Waals surface area contributed by atoms with Crippen molar-refractivity contribution in [3.63, 3.8) is 0 Å². The maximum Gasteiger partial charge on any atom is 0.410 e. The normalized spacial score (nSPS) is 30.2. The molecule has 1 heterocycles. The number of piperidine rings is 1. The third kappa shape index (κ3) is 2.88. The molecule has 4 heteroatoms. The molecule has 1 aliphatic heterocycles. The van der Waals surface area contributed by atoms with E-state index in [0.29, 0.717) is 18.7 Å². The van der Waals surface area contributed by atoms with Gasteiger partial charge in [-0.1, -0.05) is 6.92 Å². The van der Waals surface area contributed by atoms with Crippen molar-refractivity contribution in [2.75, 3.05) is 13.7 Å². The van der Waals surface area contributed by atoms with E-state index in [1.807, 2.05) is 18.9 Å². The van der Waals surface area contributed by atoms with Crippen molar-refractivity contribution >= 4 is 6.09 Å². The van der Waals surface area contributed by atoms with Gasteiger partial charge in [-0.15, -0.1) is 0 Å². The van der Waals surface area contributed by atoms with Gasteiger partial charge < -0.3 is 15.0 Å². The highest BCUT2D eigenvalue weighted by atomic mass is 16.6. The van der Waals surface area contributed by atoms with E-state index in [4.69, 9.17) is 4.74 Å². The zero-order valence-electron chi connectivity index (χ0n) is 10.8. The number of amides is 1. The van der Waals surface area contributed by atoms with Crippen LogP contribution >= 0.6 is 0 Å². The minimum atomic E-state index is -0.156. The van der Waals surface area contributed by atoms with Crippen LogP contribution in [0.15, 0.2) is 0 Å². The average molecular weight is 228 g/mol.